The van der Waals surface area contributed by atoms with Crippen molar-refractivity contribution in [3.63, 3.8) is 0 Å². The number of nitrogens with zero attached hydrogens (tertiary/aromatic N) is 1. The maximum atomic E-state index is 12.9. The summed E-state index contributed by atoms with van der Waals surface area (Å²) in [5.74, 6) is -0.810. The predicted octanol–water partition coefficient (Wildman–Crippen LogP) is 22.6. The Morgan fingerprint density at radius 1 is 0.386 bits per heavy atom. The molecule has 0 aliphatic carbocycles. The topological polar surface area (TPSA) is 111 Å². The summed E-state index contributed by atoms with van der Waals surface area (Å²) in [4.78, 5) is 38.0. The van der Waals surface area contributed by atoms with Crippen LogP contribution < -0.4 is 4.89 Å². The van der Waals surface area contributed by atoms with Crippen LogP contribution in [-0.2, 0) is 32.7 Å². The molecule has 0 bridgehead atoms. The van der Waals surface area contributed by atoms with Crippen LogP contribution in [0.5, 0.6) is 0 Å². The van der Waals surface area contributed by atoms with Crippen LogP contribution in [0.2, 0.25) is 0 Å². The monoisotopic (exact) mass is 1190 g/mol. The first-order valence-electron chi connectivity index (χ1n) is 35.8. The van der Waals surface area contributed by atoms with Crippen LogP contribution in [0.15, 0.2) is 48.6 Å². The van der Waals surface area contributed by atoms with Gasteiger partial charge < -0.3 is 27.9 Å². The molecule has 9 nitrogen and oxygen atoms in total. The van der Waals surface area contributed by atoms with Gasteiger partial charge in [-0.2, -0.15) is 0 Å². The summed E-state index contributed by atoms with van der Waals surface area (Å²) in [6.07, 6.45) is 83.6. The molecule has 2 unspecified atom stereocenters. The molecular formula is C73H138NO8P. The second-order valence-corrected chi connectivity index (χ2v) is 27.0. The molecule has 0 aromatic heterocycles. The maximum absolute atomic E-state index is 12.9. The van der Waals surface area contributed by atoms with E-state index in [-0.39, 0.29) is 32.0 Å². The summed E-state index contributed by atoms with van der Waals surface area (Å²) in [6.45, 7) is 4.19. The van der Waals surface area contributed by atoms with Crippen LogP contribution in [-0.4, -0.2) is 70.0 Å². The van der Waals surface area contributed by atoms with Crippen molar-refractivity contribution < 1.29 is 42.1 Å². The van der Waals surface area contributed by atoms with Crippen LogP contribution in [0, 0.1) is 0 Å². The highest BCUT2D eigenvalue weighted by Crippen LogP contribution is 2.38. The molecule has 0 heterocycles. The van der Waals surface area contributed by atoms with Crippen molar-refractivity contribution in [3.05, 3.63) is 48.6 Å². The second-order valence-electron chi connectivity index (χ2n) is 25.6. The van der Waals surface area contributed by atoms with Crippen molar-refractivity contribution in [1.29, 1.82) is 0 Å². The van der Waals surface area contributed by atoms with Crippen LogP contribution in [0.1, 0.15) is 354 Å². The standard InChI is InChI=1S/C73H138NO8P/c1-6-8-10-12-14-16-18-20-22-24-26-27-28-29-30-31-32-33-34-35-36-37-38-39-40-41-42-43-44-45-46-47-48-50-52-54-56-58-60-62-64-66-73(76)82-71(70-81-83(77,78)80-68-67-74(3,4)5)69-79-72(75)65-63-61-59-57-55-53-51-49-25-23-21-19-17-15-13-11-9-7-2/h8,10,14,16,20,22,26-27,71H,6-7,9,11-13,15,17-19,21,23-25,28-70H2,1-5H3/b10-8-,16-14-,22-20-,27-26-. The predicted molar refractivity (Wildman–Crippen MR) is 356 cm³/mol. The Labute approximate surface area is 515 Å². The van der Waals surface area contributed by atoms with Gasteiger partial charge in [0, 0.05) is 12.8 Å². The fraction of sp³-hybridized carbons (Fsp3) is 0.863. The Morgan fingerprint density at radius 3 is 1.02 bits per heavy atom. The number of allylic oxidation sites excluding steroid dienone is 8. The molecule has 0 saturated heterocycles. The van der Waals surface area contributed by atoms with Crippen molar-refractivity contribution >= 4 is 19.8 Å². The fourth-order valence-corrected chi connectivity index (χ4v) is 11.4. The number of phosphoric acid groups is 1. The second kappa shape index (κ2) is 64.4. The van der Waals surface area contributed by atoms with E-state index in [4.69, 9.17) is 18.5 Å². The van der Waals surface area contributed by atoms with Gasteiger partial charge in [-0.15, -0.1) is 0 Å². The number of quaternary nitrogens is 1. The number of unbranched alkanes of at least 4 members (excludes halogenated alkanes) is 45. The summed E-state index contributed by atoms with van der Waals surface area (Å²) >= 11 is 0. The summed E-state index contributed by atoms with van der Waals surface area (Å²) in [5.41, 5.74) is 0. The van der Waals surface area contributed by atoms with E-state index in [9.17, 15) is 19.0 Å². The third-order valence-electron chi connectivity index (χ3n) is 16.1. The van der Waals surface area contributed by atoms with Gasteiger partial charge in [0.15, 0.2) is 6.10 Å². The van der Waals surface area contributed by atoms with Gasteiger partial charge >= 0.3 is 11.9 Å². The molecule has 0 rings (SSSR count). The van der Waals surface area contributed by atoms with Gasteiger partial charge in [0.05, 0.1) is 27.7 Å². The van der Waals surface area contributed by atoms with E-state index in [0.717, 1.165) is 57.8 Å². The van der Waals surface area contributed by atoms with Crippen molar-refractivity contribution in [2.75, 3.05) is 47.5 Å². The number of hydrogen-bond donors (Lipinski definition) is 0. The third kappa shape index (κ3) is 68.9. The fourth-order valence-electron chi connectivity index (χ4n) is 10.7. The van der Waals surface area contributed by atoms with E-state index < -0.39 is 26.5 Å². The number of esters is 2. The number of rotatable bonds is 67. The Balaban J connectivity index is 3.86. The zero-order valence-corrected chi connectivity index (χ0v) is 56.6. The lowest BCUT2D eigenvalue weighted by Crippen LogP contribution is -2.37. The molecule has 0 aliphatic rings. The zero-order valence-electron chi connectivity index (χ0n) is 55.7. The van der Waals surface area contributed by atoms with E-state index in [1.54, 1.807) is 0 Å². The minimum Gasteiger partial charge on any atom is -0.756 e. The highest BCUT2D eigenvalue weighted by molar-refractivity contribution is 7.45. The van der Waals surface area contributed by atoms with Gasteiger partial charge in [-0.3, -0.25) is 14.2 Å². The first-order valence-corrected chi connectivity index (χ1v) is 37.3. The molecule has 0 spiro atoms. The van der Waals surface area contributed by atoms with E-state index in [1.807, 2.05) is 21.1 Å². The molecule has 0 saturated carbocycles. The van der Waals surface area contributed by atoms with Crippen LogP contribution >= 0.6 is 7.82 Å². The van der Waals surface area contributed by atoms with Crippen molar-refractivity contribution in [2.45, 2.75) is 360 Å². The Bertz CT molecular complexity index is 1540. The van der Waals surface area contributed by atoms with Crippen molar-refractivity contribution in [2.24, 2.45) is 0 Å². The van der Waals surface area contributed by atoms with E-state index >= 15 is 0 Å². The molecule has 0 fully saturated rings. The lowest BCUT2D eigenvalue weighted by molar-refractivity contribution is -0.870. The number of carbonyl (C=O) groups is 2. The van der Waals surface area contributed by atoms with Crippen LogP contribution in [0.25, 0.3) is 0 Å². The number of hydrogen-bond acceptors (Lipinski definition) is 8. The Morgan fingerprint density at radius 2 is 0.687 bits per heavy atom. The van der Waals surface area contributed by atoms with E-state index in [1.165, 1.54) is 263 Å². The average Bonchev–Trinajstić information content (AvgIpc) is 3.48. The molecule has 0 aromatic rings. The quantitative estimate of drug-likeness (QED) is 0.0195. The van der Waals surface area contributed by atoms with Gasteiger partial charge in [-0.05, 0) is 51.4 Å². The molecule has 488 valence electrons. The molecule has 0 amide bonds. The van der Waals surface area contributed by atoms with Crippen LogP contribution in [0.4, 0.5) is 0 Å². The largest absolute Gasteiger partial charge is 0.756 e. The minimum absolute atomic E-state index is 0.0270. The molecule has 10 heteroatoms. The molecule has 0 aliphatic heterocycles. The van der Waals surface area contributed by atoms with E-state index in [0.29, 0.717) is 17.4 Å². The molecule has 2 atom stereocenters. The molecule has 83 heavy (non-hydrogen) atoms. The van der Waals surface area contributed by atoms with Gasteiger partial charge in [0.25, 0.3) is 7.82 Å². The first kappa shape index (κ1) is 81.0. The lowest BCUT2D eigenvalue weighted by Gasteiger charge is -2.28. The highest BCUT2D eigenvalue weighted by atomic mass is 31.2. The molecule has 0 aromatic carbocycles. The highest BCUT2D eigenvalue weighted by Gasteiger charge is 2.22. The third-order valence-corrected chi connectivity index (χ3v) is 17.1. The van der Waals surface area contributed by atoms with Gasteiger partial charge in [0.1, 0.15) is 19.8 Å². The molecular weight excluding hydrogens is 1050 g/mol. The summed E-state index contributed by atoms with van der Waals surface area (Å²) in [7, 11) is 1.19. The summed E-state index contributed by atoms with van der Waals surface area (Å²) in [6, 6.07) is 0. The van der Waals surface area contributed by atoms with Crippen molar-refractivity contribution in [1.82, 2.24) is 0 Å². The number of phosphoric ester groups is 1. The normalized spacial score (nSPS) is 13.4. The number of ether oxygens (including phenoxy) is 2. The van der Waals surface area contributed by atoms with Gasteiger partial charge in [0.2, 0.25) is 0 Å². The molecule has 0 N–H and O–H groups in total. The molecule has 0 radical (unpaired) electrons. The zero-order chi connectivity index (χ0) is 60.5. The SMILES string of the molecule is CC/C=C\C/C=C\C/C=C\C/C=C\CCCCCCCCCCCCCCCCCCCCCCCCCCCCCCC(=O)OC(COC(=O)CCCCCCCCCCCCCCCCCCCC)COP(=O)([O-])OCC[N+](C)(C)C. The van der Waals surface area contributed by atoms with Gasteiger partial charge in [-0.1, -0.05) is 339 Å². The first-order chi connectivity index (χ1) is 40.5. The Hall–Kier alpha value is -2.03. The van der Waals surface area contributed by atoms with Gasteiger partial charge in [-0.25, -0.2) is 0 Å². The smallest absolute Gasteiger partial charge is 0.306 e. The Kier molecular flexibility index (Phi) is 62.9. The number of carbonyl (C=O) groups excluding carboxylic acids is 2. The van der Waals surface area contributed by atoms with Crippen molar-refractivity contribution in [3.8, 4) is 0 Å². The van der Waals surface area contributed by atoms with Crippen LogP contribution in [0.3, 0.4) is 0 Å². The summed E-state index contributed by atoms with van der Waals surface area (Å²) in [5, 5.41) is 0. The average molecular weight is 1190 g/mol. The van der Waals surface area contributed by atoms with E-state index in [2.05, 4.69) is 62.5 Å². The number of likely N-dealkylation sites (N-methyl/N-ethyl adjacent to an activating group) is 1. The minimum atomic E-state index is -4.64. The lowest BCUT2D eigenvalue weighted by atomic mass is 10.0. The maximum Gasteiger partial charge on any atom is 0.306 e. The summed E-state index contributed by atoms with van der Waals surface area (Å²) < 4.78 is 34.3.